The molecule has 0 saturated carbocycles. The molecule has 2 aromatic rings. The van der Waals surface area contributed by atoms with Crippen molar-refractivity contribution >= 4 is 5.78 Å². The summed E-state index contributed by atoms with van der Waals surface area (Å²) in [5.41, 5.74) is 2.08. The maximum atomic E-state index is 12.1. The topological polar surface area (TPSA) is 33.2 Å². The minimum atomic E-state index is 0.244. The molecular formula is C17H20N2O. The largest absolute Gasteiger partial charge is 0.298 e. The Kier molecular flexibility index (Phi) is 5.44. The first-order chi connectivity index (χ1) is 9.78. The zero-order valence-corrected chi connectivity index (χ0v) is 11.8. The normalized spacial score (nSPS) is 10.7. The Bertz CT molecular complexity index is 525. The summed E-state index contributed by atoms with van der Waals surface area (Å²) < 4.78 is 0. The number of benzene rings is 1. The van der Waals surface area contributed by atoms with E-state index in [4.69, 9.17) is 0 Å². The van der Waals surface area contributed by atoms with E-state index in [0.717, 1.165) is 24.3 Å². The summed E-state index contributed by atoms with van der Waals surface area (Å²) in [5.74, 6) is 0.244. The minimum absolute atomic E-state index is 0.244. The van der Waals surface area contributed by atoms with Crippen LogP contribution < -0.4 is 0 Å². The minimum Gasteiger partial charge on any atom is -0.298 e. The van der Waals surface area contributed by atoms with E-state index < -0.39 is 0 Å². The van der Waals surface area contributed by atoms with Crippen molar-refractivity contribution in [2.45, 2.75) is 19.9 Å². The molecule has 0 N–H and O–H groups in total. The number of Topliss-reactive ketones (excluding diaryl/α,β-unsaturated/α-hetero) is 1. The van der Waals surface area contributed by atoms with Crippen molar-refractivity contribution < 1.29 is 4.79 Å². The quantitative estimate of drug-likeness (QED) is 0.774. The van der Waals surface area contributed by atoms with Crippen LogP contribution in [0.2, 0.25) is 0 Å². The number of rotatable bonds is 7. The second-order valence-electron chi connectivity index (χ2n) is 4.83. The fourth-order valence-corrected chi connectivity index (χ4v) is 2.13. The third-order valence-electron chi connectivity index (χ3n) is 3.20. The molecule has 0 fully saturated rings. The number of ketones is 1. The first kappa shape index (κ1) is 14.4. The van der Waals surface area contributed by atoms with E-state index in [2.05, 4.69) is 16.8 Å². The SMILES string of the molecule is CCN(CC(=O)Cc1ccccc1)Cc1ccccn1. The van der Waals surface area contributed by atoms with Gasteiger partial charge in [0.2, 0.25) is 0 Å². The van der Waals surface area contributed by atoms with Gasteiger partial charge < -0.3 is 0 Å². The van der Waals surface area contributed by atoms with Crippen LogP contribution in [-0.4, -0.2) is 28.8 Å². The van der Waals surface area contributed by atoms with Gasteiger partial charge in [-0.2, -0.15) is 0 Å². The Labute approximate surface area is 120 Å². The lowest BCUT2D eigenvalue weighted by atomic mass is 10.1. The lowest BCUT2D eigenvalue weighted by molar-refractivity contribution is -0.119. The highest BCUT2D eigenvalue weighted by Crippen LogP contribution is 2.04. The number of nitrogens with zero attached hydrogens (tertiary/aromatic N) is 2. The van der Waals surface area contributed by atoms with Crippen molar-refractivity contribution in [2.75, 3.05) is 13.1 Å². The zero-order chi connectivity index (χ0) is 14.2. The van der Waals surface area contributed by atoms with Crippen molar-refractivity contribution in [3.8, 4) is 0 Å². The van der Waals surface area contributed by atoms with E-state index in [-0.39, 0.29) is 5.78 Å². The summed E-state index contributed by atoms with van der Waals surface area (Å²) in [6, 6.07) is 15.8. The number of likely N-dealkylation sites (N-methyl/N-ethyl adjacent to an activating group) is 1. The van der Waals surface area contributed by atoms with Crippen molar-refractivity contribution in [3.05, 3.63) is 66.0 Å². The van der Waals surface area contributed by atoms with Gasteiger partial charge >= 0.3 is 0 Å². The van der Waals surface area contributed by atoms with E-state index >= 15 is 0 Å². The van der Waals surface area contributed by atoms with Crippen LogP contribution in [0.3, 0.4) is 0 Å². The van der Waals surface area contributed by atoms with Crippen LogP contribution in [-0.2, 0) is 17.8 Å². The van der Waals surface area contributed by atoms with E-state index in [1.54, 1.807) is 6.20 Å². The lowest BCUT2D eigenvalue weighted by Crippen LogP contribution is -2.30. The summed E-state index contributed by atoms with van der Waals surface area (Å²) in [6.45, 7) is 4.11. The van der Waals surface area contributed by atoms with E-state index in [9.17, 15) is 4.79 Å². The summed E-state index contributed by atoms with van der Waals surface area (Å²) in [7, 11) is 0. The lowest BCUT2D eigenvalue weighted by Gasteiger charge is -2.19. The van der Waals surface area contributed by atoms with Gasteiger partial charge in [0.25, 0.3) is 0 Å². The average Bonchev–Trinajstić information content (AvgIpc) is 2.48. The highest BCUT2D eigenvalue weighted by atomic mass is 16.1. The van der Waals surface area contributed by atoms with Crippen LogP contribution in [0, 0.1) is 0 Å². The van der Waals surface area contributed by atoms with Crippen molar-refractivity contribution in [1.29, 1.82) is 0 Å². The summed E-state index contributed by atoms with van der Waals surface area (Å²) in [6.07, 6.45) is 2.29. The van der Waals surface area contributed by atoms with Gasteiger partial charge in [0, 0.05) is 19.2 Å². The maximum Gasteiger partial charge on any atom is 0.151 e. The molecular weight excluding hydrogens is 248 g/mol. The third-order valence-corrected chi connectivity index (χ3v) is 3.20. The second kappa shape index (κ2) is 7.56. The van der Waals surface area contributed by atoms with Crippen LogP contribution in [0.1, 0.15) is 18.2 Å². The van der Waals surface area contributed by atoms with Crippen molar-refractivity contribution in [3.63, 3.8) is 0 Å². The standard InChI is InChI=1S/C17H20N2O/c1-2-19(13-16-10-6-7-11-18-16)14-17(20)12-15-8-4-3-5-9-15/h3-11H,2,12-14H2,1H3. The molecule has 0 bridgehead atoms. The average molecular weight is 268 g/mol. The molecule has 1 aromatic carbocycles. The van der Waals surface area contributed by atoms with Gasteiger partial charge in [0.1, 0.15) is 0 Å². The van der Waals surface area contributed by atoms with Gasteiger partial charge in [-0.25, -0.2) is 0 Å². The Hall–Kier alpha value is -2.00. The van der Waals surface area contributed by atoms with Crippen LogP contribution in [0.15, 0.2) is 54.7 Å². The first-order valence-corrected chi connectivity index (χ1v) is 6.96. The van der Waals surface area contributed by atoms with Crippen LogP contribution in [0.4, 0.5) is 0 Å². The fraction of sp³-hybridized carbons (Fsp3) is 0.294. The van der Waals surface area contributed by atoms with Gasteiger partial charge in [0.05, 0.1) is 12.2 Å². The highest BCUT2D eigenvalue weighted by Gasteiger charge is 2.10. The number of hydrogen-bond donors (Lipinski definition) is 0. The molecule has 0 aliphatic heterocycles. The molecule has 0 radical (unpaired) electrons. The summed E-state index contributed by atoms with van der Waals surface area (Å²) >= 11 is 0. The molecule has 0 amide bonds. The van der Waals surface area contributed by atoms with Crippen LogP contribution in [0.5, 0.6) is 0 Å². The molecule has 3 heteroatoms. The number of carbonyl (C=O) groups excluding carboxylic acids is 1. The van der Waals surface area contributed by atoms with Crippen LogP contribution in [0.25, 0.3) is 0 Å². The maximum absolute atomic E-state index is 12.1. The Morgan fingerprint density at radius 1 is 1.10 bits per heavy atom. The predicted molar refractivity (Wildman–Crippen MR) is 80.3 cm³/mol. The Morgan fingerprint density at radius 3 is 2.50 bits per heavy atom. The monoisotopic (exact) mass is 268 g/mol. The number of hydrogen-bond acceptors (Lipinski definition) is 3. The van der Waals surface area contributed by atoms with Gasteiger partial charge in [-0.05, 0) is 24.2 Å². The number of aromatic nitrogens is 1. The number of carbonyl (C=O) groups is 1. The van der Waals surface area contributed by atoms with Gasteiger partial charge in [-0.15, -0.1) is 0 Å². The molecule has 2 rings (SSSR count). The highest BCUT2D eigenvalue weighted by molar-refractivity contribution is 5.82. The van der Waals surface area contributed by atoms with E-state index in [0.29, 0.717) is 13.0 Å². The molecule has 0 unspecified atom stereocenters. The molecule has 3 nitrogen and oxygen atoms in total. The first-order valence-electron chi connectivity index (χ1n) is 6.96. The second-order valence-corrected chi connectivity index (χ2v) is 4.83. The van der Waals surface area contributed by atoms with E-state index in [1.807, 2.05) is 48.5 Å². The third kappa shape index (κ3) is 4.59. The smallest absolute Gasteiger partial charge is 0.151 e. The van der Waals surface area contributed by atoms with Gasteiger partial charge in [-0.1, -0.05) is 43.3 Å². The summed E-state index contributed by atoms with van der Waals surface area (Å²) in [5, 5.41) is 0. The molecule has 104 valence electrons. The Balaban J connectivity index is 1.88. The molecule has 0 spiro atoms. The molecule has 1 heterocycles. The molecule has 0 atom stereocenters. The number of pyridine rings is 1. The fourth-order valence-electron chi connectivity index (χ4n) is 2.13. The molecule has 1 aromatic heterocycles. The molecule has 0 saturated heterocycles. The van der Waals surface area contributed by atoms with Gasteiger partial charge in [0.15, 0.2) is 5.78 Å². The molecule has 20 heavy (non-hydrogen) atoms. The van der Waals surface area contributed by atoms with Gasteiger partial charge in [-0.3, -0.25) is 14.7 Å². The van der Waals surface area contributed by atoms with Crippen molar-refractivity contribution in [1.82, 2.24) is 9.88 Å². The zero-order valence-electron chi connectivity index (χ0n) is 11.8. The van der Waals surface area contributed by atoms with Crippen molar-refractivity contribution in [2.24, 2.45) is 0 Å². The summed E-state index contributed by atoms with van der Waals surface area (Å²) in [4.78, 5) is 18.5. The Morgan fingerprint density at radius 2 is 1.85 bits per heavy atom. The predicted octanol–water partition coefficient (Wildman–Crippen LogP) is 2.72. The van der Waals surface area contributed by atoms with E-state index in [1.165, 1.54) is 0 Å². The van der Waals surface area contributed by atoms with Crippen LogP contribution >= 0.6 is 0 Å². The molecule has 0 aliphatic carbocycles. The molecule has 0 aliphatic rings.